The predicted molar refractivity (Wildman–Crippen MR) is 97.2 cm³/mol. The molecule has 1 rings (SSSR count). The normalized spacial score (nSPS) is 10.4. The first-order valence-electron chi connectivity index (χ1n) is 7.24. The van der Waals surface area contributed by atoms with E-state index in [0.717, 1.165) is 5.56 Å². The molecule has 0 radical (unpaired) electrons. The van der Waals surface area contributed by atoms with Crippen LogP contribution in [0.4, 0.5) is 0 Å². The Balaban J connectivity index is 0. The molecule has 6 heteroatoms. The van der Waals surface area contributed by atoms with Gasteiger partial charge in [-0.2, -0.15) is 0 Å². The summed E-state index contributed by atoms with van der Waals surface area (Å²) in [5, 5.41) is 24.6. The maximum atomic E-state index is 10.4. The Morgan fingerprint density at radius 3 is 1.48 bits per heavy atom. The van der Waals surface area contributed by atoms with E-state index in [2.05, 4.69) is 6.58 Å². The number of carboxylic acids is 3. The highest BCUT2D eigenvalue weighted by atomic mass is 16.4. The molecule has 0 aliphatic heterocycles. The highest BCUT2D eigenvalue weighted by Crippen LogP contribution is 2.05. The van der Waals surface area contributed by atoms with Gasteiger partial charge in [0.2, 0.25) is 0 Å². The minimum absolute atomic E-state index is 0.176. The Hall–Kier alpha value is -3.15. The van der Waals surface area contributed by atoms with Crippen LogP contribution in [-0.2, 0) is 14.4 Å². The smallest absolute Gasteiger partial charge is 0.331 e. The summed E-state index contributed by atoms with van der Waals surface area (Å²) in [6.07, 6.45) is 3.20. The van der Waals surface area contributed by atoms with Crippen molar-refractivity contribution < 1.29 is 29.7 Å². The van der Waals surface area contributed by atoms with Crippen LogP contribution in [-0.4, -0.2) is 33.2 Å². The summed E-state index contributed by atoms with van der Waals surface area (Å²) in [5.41, 5.74) is 1.83. The third kappa shape index (κ3) is 14.2. The van der Waals surface area contributed by atoms with Gasteiger partial charge in [-0.3, -0.25) is 0 Å². The Bertz CT molecular complexity index is 642. The predicted octanol–water partition coefficient (Wildman–Crippen LogP) is 3.86. The fourth-order valence-electron chi connectivity index (χ4n) is 0.984. The molecule has 0 spiro atoms. The SMILES string of the molecule is C=C(C)C(=O)O.CC(=Cc1ccccc1)C(=O)O.CC=C(C)C(=O)O. The third-order valence-corrected chi connectivity index (χ3v) is 2.66. The Labute approximate surface area is 147 Å². The largest absolute Gasteiger partial charge is 0.478 e. The maximum absolute atomic E-state index is 10.4. The summed E-state index contributed by atoms with van der Waals surface area (Å²) in [5.74, 6) is -2.66. The fourth-order valence-corrected chi connectivity index (χ4v) is 0.984. The van der Waals surface area contributed by atoms with E-state index in [1.54, 1.807) is 32.9 Å². The number of rotatable bonds is 4. The average Bonchev–Trinajstić information content (AvgIpc) is 2.55. The van der Waals surface area contributed by atoms with Gasteiger partial charge in [0.05, 0.1) is 0 Å². The van der Waals surface area contributed by atoms with Gasteiger partial charge in [0.15, 0.2) is 0 Å². The first-order valence-corrected chi connectivity index (χ1v) is 7.24. The van der Waals surface area contributed by atoms with Crippen LogP contribution in [0.2, 0.25) is 0 Å². The van der Waals surface area contributed by atoms with E-state index in [1.165, 1.54) is 6.92 Å². The topological polar surface area (TPSA) is 112 Å². The molecule has 1 aromatic rings. The molecular weight excluding hydrogens is 324 g/mol. The summed E-state index contributed by atoms with van der Waals surface area (Å²) >= 11 is 0. The molecule has 0 fully saturated rings. The highest BCUT2D eigenvalue weighted by Gasteiger charge is 1.98. The van der Waals surface area contributed by atoms with Gasteiger partial charge in [-0.05, 0) is 39.3 Å². The number of carboxylic acid groups (broad SMARTS) is 3. The lowest BCUT2D eigenvalue weighted by molar-refractivity contribution is -0.133. The first kappa shape index (κ1) is 24.1. The molecule has 0 aliphatic carbocycles. The fraction of sp³-hybridized carbons (Fsp3) is 0.211. The molecule has 25 heavy (non-hydrogen) atoms. The second-order valence-electron chi connectivity index (χ2n) is 4.91. The molecule has 3 N–H and O–H groups in total. The van der Waals surface area contributed by atoms with Crippen molar-refractivity contribution in [2.24, 2.45) is 0 Å². The van der Waals surface area contributed by atoms with Gasteiger partial charge in [-0.1, -0.05) is 43.0 Å². The molecule has 6 nitrogen and oxygen atoms in total. The van der Waals surface area contributed by atoms with Crippen molar-refractivity contribution in [1.82, 2.24) is 0 Å². The number of aliphatic carboxylic acids is 3. The molecule has 0 heterocycles. The number of carbonyl (C=O) groups is 3. The molecule has 0 aliphatic rings. The zero-order valence-corrected chi connectivity index (χ0v) is 14.8. The lowest BCUT2D eigenvalue weighted by Crippen LogP contribution is -1.95. The summed E-state index contributed by atoms with van der Waals surface area (Å²) in [4.78, 5) is 29.9. The standard InChI is InChI=1S/C10H10O2.C5H8O2.C4H6O2/c1-8(10(11)12)7-9-5-3-2-4-6-9;1-3-4(2)5(6)7;1-3(2)4(5)6/h2-7H,1H3,(H,11,12);3H,1-2H3,(H,6,7);1H2,2H3,(H,5,6). The number of benzene rings is 1. The molecule has 136 valence electrons. The van der Waals surface area contributed by atoms with E-state index in [4.69, 9.17) is 15.3 Å². The first-order chi connectivity index (χ1) is 11.5. The minimum atomic E-state index is -0.935. The van der Waals surface area contributed by atoms with E-state index in [0.29, 0.717) is 11.1 Å². The van der Waals surface area contributed by atoms with E-state index in [1.807, 2.05) is 30.3 Å². The lowest BCUT2D eigenvalue weighted by atomic mass is 10.1. The van der Waals surface area contributed by atoms with Crippen molar-refractivity contribution in [1.29, 1.82) is 0 Å². The highest BCUT2D eigenvalue weighted by molar-refractivity contribution is 5.91. The Morgan fingerprint density at radius 1 is 0.840 bits per heavy atom. The van der Waals surface area contributed by atoms with E-state index >= 15 is 0 Å². The van der Waals surface area contributed by atoms with Gasteiger partial charge < -0.3 is 15.3 Å². The zero-order chi connectivity index (χ0) is 20.0. The summed E-state index contributed by atoms with van der Waals surface area (Å²) in [6.45, 7) is 9.44. The zero-order valence-electron chi connectivity index (χ0n) is 14.8. The van der Waals surface area contributed by atoms with Crippen LogP contribution in [0.3, 0.4) is 0 Å². The van der Waals surface area contributed by atoms with Crippen LogP contribution in [0.5, 0.6) is 0 Å². The second-order valence-corrected chi connectivity index (χ2v) is 4.91. The van der Waals surface area contributed by atoms with Gasteiger partial charge >= 0.3 is 17.9 Å². The van der Waals surface area contributed by atoms with Crippen LogP contribution in [0.25, 0.3) is 6.08 Å². The second kappa shape index (κ2) is 13.3. The third-order valence-electron chi connectivity index (χ3n) is 2.66. The van der Waals surface area contributed by atoms with E-state index < -0.39 is 17.9 Å². The van der Waals surface area contributed by atoms with Crippen LogP contribution in [0, 0.1) is 0 Å². The summed E-state index contributed by atoms with van der Waals surface area (Å²) < 4.78 is 0. The van der Waals surface area contributed by atoms with E-state index in [9.17, 15) is 14.4 Å². The van der Waals surface area contributed by atoms with Gasteiger partial charge in [0, 0.05) is 16.7 Å². The molecule has 0 aromatic heterocycles. The van der Waals surface area contributed by atoms with Gasteiger partial charge in [-0.15, -0.1) is 0 Å². The number of allylic oxidation sites excluding steroid dienone is 1. The molecule has 0 amide bonds. The van der Waals surface area contributed by atoms with Crippen molar-refractivity contribution >= 4 is 24.0 Å². The van der Waals surface area contributed by atoms with Crippen LogP contribution < -0.4 is 0 Å². The molecule has 0 saturated heterocycles. The molecule has 0 unspecified atom stereocenters. The molecule has 0 saturated carbocycles. The summed E-state index contributed by atoms with van der Waals surface area (Å²) in [6, 6.07) is 9.38. The monoisotopic (exact) mass is 348 g/mol. The summed E-state index contributed by atoms with van der Waals surface area (Å²) in [7, 11) is 0. The average molecular weight is 348 g/mol. The van der Waals surface area contributed by atoms with Crippen molar-refractivity contribution in [3.63, 3.8) is 0 Å². The Morgan fingerprint density at radius 2 is 1.24 bits per heavy atom. The minimum Gasteiger partial charge on any atom is -0.478 e. The molecule has 0 bridgehead atoms. The molecule has 1 aromatic carbocycles. The Kier molecular flexibility index (Phi) is 12.8. The number of hydrogen-bond acceptors (Lipinski definition) is 3. The van der Waals surface area contributed by atoms with Gasteiger partial charge in [0.25, 0.3) is 0 Å². The van der Waals surface area contributed by atoms with Crippen molar-refractivity contribution in [3.05, 3.63) is 65.3 Å². The maximum Gasteiger partial charge on any atom is 0.331 e. The van der Waals surface area contributed by atoms with Crippen molar-refractivity contribution in [2.45, 2.75) is 27.7 Å². The van der Waals surface area contributed by atoms with Crippen molar-refractivity contribution in [3.8, 4) is 0 Å². The van der Waals surface area contributed by atoms with Crippen molar-refractivity contribution in [2.75, 3.05) is 0 Å². The van der Waals surface area contributed by atoms with Crippen LogP contribution in [0.1, 0.15) is 33.3 Å². The van der Waals surface area contributed by atoms with Gasteiger partial charge in [-0.25, -0.2) is 14.4 Å². The quantitative estimate of drug-likeness (QED) is 0.712. The molecular formula is C19H24O6. The van der Waals surface area contributed by atoms with Crippen LogP contribution >= 0.6 is 0 Å². The molecule has 0 atom stereocenters. The number of hydrogen-bond donors (Lipinski definition) is 3. The van der Waals surface area contributed by atoms with Gasteiger partial charge in [0.1, 0.15) is 0 Å². The van der Waals surface area contributed by atoms with E-state index in [-0.39, 0.29) is 5.57 Å². The van der Waals surface area contributed by atoms with Crippen LogP contribution in [0.15, 0.2) is 59.7 Å². The lowest BCUT2D eigenvalue weighted by Gasteiger charge is -1.93.